The van der Waals surface area contributed by atoms with Gasteiger partial charge in [-0.1, -0.05) is 18.2 Å². The zero-order chi connectivity index (χ0) is 15.2. The van der Waals surface area contributed by atoms with E-state index in [1.165, 1.54) is 0 Å². The van der Waals surface area contributed by atoms with Crippen LogP contribution >= 0.6 is 11.8 Å². The Morgan fingerprint density at radius 2 is 2.19 bits per heavy atom. The van der Waals surface area contributed by atoms with E-state index in [-0.39, 0.29) is 11.3 Å². The fraction of sp³-hybridized carbons (Fsp3) is 0.467. The van der Waals surface area contributed by atoms with E-state index in [4.69, 9.17) is 9.84 Å². The Labute approximate surface area is 128 Å². The van der Waals surface area contributed by atoms with Crippen molar-refractivity contribution in [2.45, 2.75) is 24.6 Å². The van der Waals surface area contributed by atoms with Gasteiger partial charge in [-0.05, 0) is 24.5 Å². The summed E-state index contributed by atoms with van der Waals surface area (Å²) in [4.78, 5) is 24.3. The van der Waals surface area contributed by atoms with Crippen LogP contribution in [0.3, 0.4) is 0 Å². The zero-order valence-electron chi connectivity index (χ0n) is 11.9. The number of aliphatic carboxylic acids is 1. The fourth-order valence-corrected chi connectivity index (χ4v) is 3.73. The molecule has 1 saturated heterocycles. The number of hydrogen-bond donors (Lipinski definition) is 1. The predicted octanol–water partition coefficient (Wildman–Crippen LogP) is 2.00. The number of nitrogens with zero attached hydrogens (tertiary/aromatic N) is 1. The third kappa shape index (κ3) is 4.14. The number of carboxylic acids is 1. The van der Waals surface area contributed by atoms with Gasteiger partial charge in [-0.3, -0.25) is 9.59 Å². The fourth-order valence-electron chi connectivity index (χ4n) is 2.46. The molecule has 1 N–H and O–H groups in total. The normalized spacial score (nSPS) is 17.8. The molecule has 1 aliphatic rings. The number of para-hydroxylation sites is 1. The first kappa shape index (κ1) is 15.7. The van der Waals surface area contributed by atoms with E-state index < -0.39 is 12.4 Å². The number of benzene rings is 1. The Kier molecular flexibility index (Phi) is 5.50. The molecule has 1 fully saturated rings. The number of methoxy groups -OCH3 is 1. The second kappa shape index (κ2) is 7.36. The van der Waals surface area contributed by atoms with E-state index in [0.29, 0.717) is 6.54 Å². The van der Waals surface area contributed by atoms with Crippen molar-refractivity contribution in [3.8, 4) is 5.75 Å². The van der Waals surface area contributed by atoms with Gasteiger partial charge in [0.1, 0.15) is 12.2 Å². The number of aryl methyl sites for hydroxylation is 1. The zero-order valence-corrected chi connectivity index (χ0v) is 12.8. The molecular formula is C15H19NO4S. The summed E-state index contributed by atoms with van der Waals surface area (Å²) >= 11 is 1.71. The number of hydrogen-bond acceptors (Lipinski definition) is 4. The molecule has 21 heavy (non-hydrogen) atoms. The number of carboxylic acid groups (broad SMARTS) is 1. The number of amides is 1. The molecule has 5 nitrogen and oxygen atoms in total. The van der Waals surface area contributed by atoms with Crippen molar-refractivity contribution in [2.75, 3.05) is 19.4 Å². The highest BCUT2D eigenvalue weighted by atomic mass is 32.2. The SMILES string of the molecule is COc1ccccc1CC[C@H]1SCCN1C(=O)CC(=O)O. The Morgan fingerprint density at radius 3 is 2.90 bits per heavy atom. The van der Waals surface area contributed by atoms with Crippen molar-refractivity contribution in [2.24, 2.45) is 0 Å². The highest BCUT2D eigenvalue weighted by molar-refractivity contribution is 8.00. The average Bonchev–Trinajstić information content (AvgIpc) is 2.93. The van der Waals surface area contributed by atoms with Gasteiger partial charge in [-0.25, -0.2) is 0 Å². The van der Waals surface area contributed by atoms with Gasteiger partial charge in [0, 0.05) is 12.3 Å². The van der Waals surface area contributed by atoms with Crippen LogP contribution in [0.1, 0.15) is 18.4 Å². The van der Waals surface area contributed by atoms with E-state index in [1.807, 2.05) is 24.3 Å². The standard InChI is InChI=1S/C15H19NO4S/c1-20-12-5-3-2-4-11(12)6-7-14-16(8-9-21-14)13(17)10-15(18)19/h2-5,14H,6-10H2,1H3,(H,18,19)/t14-/m1/s1. The number of ether oxygens (including phenoxy) is 1. The number of rotatable bonds is 6. The summed E-state index contributed by atoms with van der Waals surface area (Å²) in [5, 5.41) is 8.79. The molecule has 0 radical (unpaired) electrons. The average molecular weight is 309 g/mol. The van der Waals surface area contributed by atoms with E-state index in [1.54, 1.807) is 23.8 Å². The van der Waals surface area contributed by atoms with Gasteiger partial charge in [-0.15, -0.1) is 11.8 Å². The molecule has 114 valence electrons. The highest BCUT2D eigenvalue weighted by Crippen LogP contribution is 2.29. The van der Waals surface area contributed by atoms with Crippen LogP contribution in [0, 0.1) is 0 Å². The van der Waals surface area contributed by atoms with Gasteiger partial charge < -0.3 is 14.7 Å². The Hall–Kier alpha value is -1.69. The van der Waals surface area contributed by atoms with Crippen LogP contribution in [0.25, 0.3) is 0 Å². The van der Waals surface area contributed by atoms with Crippen molar-refractivity contribution in [3.05, 3.63) is 29.8 Å². The van der Waals surface area contributed by atoms with Crippen LogP contribution < -0.4 is 4.74 Å². The molecule has 1 amide bonds. The third-order valence-electron chi connectivity index (χ3n) is 3.47. The number of carbonyl (C=O) groups is 2. The Morgan fingerprint density at radius 1 is 1.43 bits per heavy atom. The molecule has 0 aromatic heterocycles. The van der Waals surface area contributed by atoms with E-state index >= 15 is 0 Å². The van der Waals surface area contributed by atoms with Crippen molar-refractivity contribution in [1.82, 2.24) is 4.90 Å². The molecule has 0 spiro atoms. The molecule has 2 rings (SSSR count). The molecule has 0 bridgehead atoms. The molecule has 0 aliphatic carbocycles. The maximum Gasteiger partial charge on any atom is 0.312 e. The third-order valence-corrected chi connectivity index (χ3v) is 4.76. The van der Waals surface area contributed by atoms with Gasteiger partial charge in [0.25, 0.3) is 0 Å². The lowest BCUT2D eigenvalue weighted by Gasteiger charge is -2.23. The van der Waals surface area contributed by atoms with E-state index in [2.05, 4.69) is 0 Å². The lowest BCUT2D eigenvalue weighted by Crippen LogP contribution is -2.36. The van der Waals surface area contributed by atoms with Crippen molar-refractivity contribution >= 4 is 23.6 Å². The van der Waals surface area contributed by atoms with Crippen LogP contribution in [0.2, 0.25) is 0 Å². The Bertz CT molecular complexity index is 520. The van der Waals surface area contributed by atoms with Crippen LogP contribution in [-0.4, -0.2) is 46.7 Å². The molecule has 1 aromatic rings. The van der Waals surface area contributed by atoms with E-state index in [0.717, 1.165) is 29.9 Å². The lowest BCUT2D eigenvalue weighted by atomic mass is 10.1. The summed E-state index contributed by atoms with van der Waals surface area (Å²) in [5.74, 6) is 0.351. The summed E-state index contributed by atoms with van der Waals surface area (Å²) in [6.07, 6.45) is 1.18. The monoisotopic (exact) mass is 309 g/mol. The van der Waals surface area contributed by atoms with E-state index in [9.17, 15) is 9.59 Å². The highest BCUT2D eigenvalue weighted by Gasteiger charge is 2.30. The first-order valence-electron chi connectivity index (χ1n) is 6.86. The van der Waals surface area contributed by atoms with Gasteiger partial charge >= 0.3 is 5.97 Å². The minimum atomic E-state index is -1.07. The maximum absolute atomic E-state index is 11.9. The predicted molar refractivity (Wildman–Crippen MR) is 81.5 cm³/mol. The van der Waals surface area contributed by atoms with Crippen molar-refractivity contribution in [1.29, 1.82) is 0 Å². The summed E-state index contributed by atoms with van der Waals surface area (Å²) in [6, 6.07) is 7.83. The molecule has 6 heteroatoms. The second-order valence-electron chi connectivity index (χ2n) is 4.83. The van der Waals surface area contributed by atoms with Crippen LogP contribution in [0.15, 0.2) is 24.3 Å². The first-order valence-corrected chi connectivity index (χ1v) is 7.91. The topological polar surface area (TPSA) is 66.8 Å². The summed E-state index contributed by atoms with van der Waals surface area (Å²) in [5.41, 5.74) is 1.11. The van der Waals surface area contributed by atoms with Gasteiger partial charge in [0.05, 0.1) is 12.5 Å². The van der Waals surface area contributed by atoms with Gasteiger partial charge in [-0.2, -0.15) is 0 Å². The quantitative estimate of drug-likeness (QED) is 0.814. The summed E-state index contributed by atoms with van der Waals surface area (Å²) in [6.45, 7) is 0.632. The van der Waals surface area contributed by atoms with Gasteiger partial charge in [0.15, 0.2) is 0 Å². The smallest absolute Gasteiger partial charge is 0.312 e. The van der Waals surface area contributed by atoms with Gasteiger partial charge in [0.2, 0.25) is 5.91 Å². The van der Waals surface area contributed by atoms with Crippen LogP contribution in [0.5, 0.6) is 5.75 Å². The number of thioether (sulfide) groups is 1. The lowest BCUT2D eigenvalue weighted by molar-refractivity contribution is -0.144. The first-order chi connectivity index (χ1) is 10.1. The molecule has 1 aromatic carbocycles. The molecule has 0 saturated carbocycles. The Balaban J connectivity index is 1.95. The minimum absolute atomic E-state index is 0.0572. The summed E-state index contributed by atoms with van der Waals surface area (Å²) < 4.78 is 5.32. The molecule has 0 unspecified atom stereocenters. The molecule has 1 heterocycles. The van der Waals surface area contributed by atoms with Crippen molar-refractivity contribution < 1.29 is 19.4 Å². The van der Waals surface area contributed by atoms with Crippen LogP contribution in [-0.2, 0) is 16.0 Å². The largest absolute Gasteiger partial charge is 0.496 e. The minimum Gasteiger partial charge on any atom is -0.496 e. The molecule has 1 atom stereocenters. The second-order valence-corrected chi connectivity index (χ2v) is 6.12. The van der Waals surface area contributed by atoms with Crippen LogP contribution in [0.4, 0.5) is 0 Å². The molecule has 1 aliphatic heterocycles. The number of carbonyl (C=O) groups excluding carboxylic acids is 1. The molecular weight excluding hydrogens is 290 g/mol. The maximum atomic E-state index is 11.9. The summed E-state index contributed by atoms with van der Waals surface area (Å²) in [7, 11) is 1.64. The van der Waals surface area contributed by atoms with Crippen molar-refractivity contribution in [3.63, 3.8) is 0 Å².